The molecule has 2 unspecified atom stereocenters. The van der Waals surface area contributed by atoms with Crippen LogP contribution < -0.4 is 10.5 Å². The van der Waals surface area contributed by atoms with Crippen molar-refractivity contribution in [3.05, 3.63) is 5.69 Å². The fourth-order valence-electron chi connectivity index (χ4n) is 1.79. The standard InChI is InChI=1S/C11H21N3O2S2/c1-5-7(2)6-8(3)14-18(15,16)10-9(4)13-11(12)17-10/h7-8,14H,5-6H2,1-4H3,(H2,12,13). The van der Waals surface area contributed by atoms with Crippen LogP contribution in [0.2, 0.25) is 0 Å². The molecule has 0 fully saturated rings. The van der Waals surface area contributed by atoms with E-state index in [1.807, 2.05) is 6.92 Å². The average molecular weight is 291 g/mol. The van der Waals surface area contributed by atoms with Crippen molar-refractivity contribution in [2.75, 3.05) is 5.73 Å². The number of nitrogens with zero attached hydrogens (tertiary/aromatic N) is 1. The fourth-order valence-corrected chi connectivity index (χ4v) is 4.36. The van der Waals surface area contributed by atoms with Gasteiger partial charge in [0.15, 0.2) is 9.34 Å². The van der Waals surface area contributed by atoms with Gasteiger partial charge >= 0.3 is 0 Å². The molecule has 0 saturated carbocycles. The summed E-state index contributed by atoms with van der Waals surface area (Å²) in [5, 5.41) is 0.280. The van der Waals surface area contributed by atoms with Crippen LogP contribution in [0.4, 0.5) is 5.13 Å². The number of hydrogen-bond donors (Lipinski definition) is 2. The number of nitrogens with two attached hydrogens (primary N) is 1. The topological polar surface area (TPSA) is 85.1 Å². The van der Waals surface area contributed by atoms with E-state index in [1.165, 1.54) is 0 Å². The lowest BCUT2D eigenvalue weighted by molar-refractivity contribution is 0.446. The first-order valence-corrected chi connectivity index (χ1v) is 8.31. The zero-order valence-electron chi connectivity index (χ0n) is 11.2. The van der Waals surface area contributed by atoms with Crippen LogP contribution in [-0.2, 0) is 10.0 Å². The molecule has 0 aliphatic carbocycles. The first kappa shape index (κ1) is 15.4. The van der Waals surface area contributed by atoms with E-state index in [4.69, 9.17) is 5.73 Å². The molecular formula is C11H21N3O2S2. The number of hydrogen-bond acceptors (Lipinski definition) is 5. The van der Waals surface area contributed by atoms with Gasteiger partial charge in [-0.3, -0.25) is 0 Å². The van der Waals surface area contributed by atoms with Crippen LogP contribution >= 0.6 is 11.3 Å². The van der Waals surface area contributed by atoms with Crippen LogP contribution in [0, 0.1) is 12.8 Å². The molecule has 5 nitrogen and oxygen atoms in total. The van der Waals surface area contributed by atoms with Crippen LogP contribution in [0.5, 0.6) is 0 Å². The molecule has 0 aromatic carbocycles. The highest BCUT2D eigenvalue weighted by molar-refractivity contribution is 7.91. The minimum atomic E-state index is -3.50. The third kappa shape index (κ3) is 3.93. The summed E-state index contributed by atoms with van der Waals surface area (Å²) >= 11 is 1.00. The Labute approximate surface area is 113 Å². The van der Waals surface area contributed by atoms with Crippen LogP contribution in [0.15, 0.2) is 4.21 Å². The summed E-state index contributed by atoms with van der Waals surface area (Å²) in [6.07, 6.45) is 1.86. The van der Waals surface area contributed by atoms with Crippen molar-refractivity contribution < 1.29 is 8.42 Å². The number of rotatable bonds is 6. The van der Waals surface area contributed by atoms with Crippen LogP contribution in [0.25, 0.3) is 0 Å². The van der Waals surface area contributed by atoms with Gasteiger partial charge in [0.2, 0.25) is 0 Å². The highest BCUT2D eigenvalue weighted by atomic mass is 32.2. The van der Waals surface area contributed by atoms with E-state index in [2.05, 4.69) is 23.6 Å². The molecule has 104 valence electrons. The molecule has 0 radical (unpaired) electrons. The number of nitrogen functional groups attached to an aromatic ring is 1. The van der Waals surface area contributed by atoms with Gasteiger partial charge in [-0.05, 0) is 26.2 Å². The van der Waals surface area contributed by atoms with Crippen LogP contribution in [0.1, 0.15) is 39.3 Å². The minimum absolute atomic E-state index is 0.0901. The molecule has 0 spiro atoms. The highest BCUT2D eigenvalue weighted by Crippen LogP contribution is 2.25. The van der Waals surface area contributed by atoms with Crippen molar-refractivity contribution >= 4 is 26.5 Å². The molecule has 0 amide bonds. The Morgan fingerprint density at radius 1 is 1.44 bits per heavy atom. The van der Waals surface area contributed by atoms with Gasteiger partial charge in [-0.2, -0.15) is 0 Å². The maximum Gasteiger partial charge on any atom is 0.252 e. The second-order valence-corrected chi connectivity index (χ2v) is 7.64. The average Bonchev–Trinajstić information content (AvgIpc) is 2.57. The van der Waals surface area contributed by atoms with Gasteiger partial charge in [0.25, 0.3) is 10.0 Å². The molecular weight excluding hydrogens is 270 g/mol. The smallest absolute Gasteiger partial charge is 0.252 e. The number of anilines is 1. The van der Waals surface area contributed by atoms with E-state index in [1.54, 1.807) is 6.92 Å². The summed E-state index contributed by atoms with van der Waals surface area (Å²) in [6.45, 7) is 7.74. The minimum Gasteiger partial charge on any atom is -0.375 e. The molecule has 7 heteroatoms. The van der Waals surface area contributed by atoms with Gasteiger partial charge < -0.3 is 5.73 Å². The van der Waals surface area contributed by atoms with Gasteiger partial charge in [-0.15, -0.1) is 0 Å². The Morgan fingerprint density at radius 2 is 2.06 bits per heavy atom. The Hall–Kier alpha value is -0.660. The normalized spacial score (nSPS) is 15.6. The number of aromatic nitrogens is 1. The van der Waals surface area contributed by atoms with Gasteiger partial charge in [-0.1, -0.05) is 31.6 Å². The maximum atomic E-state index is 12.2. The molecule has 0 bridgehead atoms. The van der Waals surface area contributed by atoms with Crippen molar-refractivity contribution in [1.82, 2.24) is 9.71 Å². The fraction of sp³-hybridized carbons (Fsp3) is 0.727. The van der Waals surface area contributed by atoms with Crippen molar-refractivity contribution in [2.24, 2.45) is 5.92 Å². The molecule has 1 heterocycles. The quantitative estimate of drug-likeness (QED) is 0.841. The Morgan fingerprint density at radius 3 is 2.50 bits per heavy atom. The number of aryl methyl sites for hydroxylation is 1. The maximum absolute atomic E-state index is 12.2. The molecule has 3 N–H and O–H groups in total. The highest BCUT2D eigenvalue weighted by Gasteiger charge is 2.23. The molecule has 1 aromatic rings. The van der Waals surface area contributed by atoms with Crippen molar-refractivity contribution in [3.63, 3.8) is 0 Å². The van der Waals surface area contributed by atoms with Crippen LogP contribution in [-0.4, -0.2) is 19.4 Å². The Bertz CT molecular complexity index is 496. The van der Waals surface area contributed by atoms with E-state index in [0.29, 0.717) is 11.6 Å². The summed E-state index contributed by atoms with van der Waals surface area (Å²) in [7, 11) is -3.50. The number of sulfonamides is 1. The van der Waals surface area contributed by atoms with E-state index >= 15 is 0 Å². The van der Waals surface area contributed by atoms with Gasteiger partial charge in [0.1, 0.15) is 0 Å². The first-order chi connectivity index (χ1) is 8.26. The molecule has 1 rings (SSSR count). The second kappa shape index (κ2) is 5.99. The molecule has 0 aliphatic heterocycles. The number of thiazole rings is 1. The van der Waals surface area contributed by atoms with Crippen molar-refractivity contribution in [2.45, 2.75) is 50.8 Å². The zero-order valence-corrected chi connectivity index (χ0v) is 12.9. The molecule has 2 atom stereocenters. The van der Waals surface area contributed by atoms with E-state index in [0.717, 1.165) is 24.2 Å². The largest absolute Gasteiger partial charge is 0.375 e. The van der Waals surface area contributed by atoms with Crippen molar-refractivity contribution in [1.29, 1.82) is 0 Å². The molecule has 1 aromatic heterocycles. The van der Waals surface area contributed by atoms with E-state index in [-0.39, 0.29) is 15.4 Å². The second-order valence-electron chi connectivity index (χ2n) is 4.70. The third-order valence-corrected chi connectivity index (χ3v) is 6.01. The predicted octanol–water partition coefficient (Wildman–Crippen LogP) is 2.14. The van der Waals surface area contributed by atoms with E-state index in [9.17, 15) is 8.42 Å². The van der Waals surface area contributed by atoms with Crippen molar-refractivity contribution in [3.8, 4) is 0 Å². The lowest BCUT2D eigenvalue weighted by atomic mass is 10.0. The summed E-state index contributed by atoms with van der Waals surface area (Å²) in [5.41, 5.74) is 5.98. The predicted molar refractivity (Wildman–Crippen MR) is 75.1 cm³/mol. The summed E-state index contributed by atoms with van der Waals surface area (Å²) in [6, 6.07) is -0.0901. The summed E-state index contributed by atoms with van der Waals surface area (Å²) in [5.74, 6) is 0.496. The van der Waals surface area contributed by atoms with Gasteiger partial charge in [0.05, 0.1) is 5.69 Å². The zero-order chi connectivity index (χ0) is 13.9. The SMILES string of the molecule is CCC(C)CC(C)NS(=O)(=O)c1sc(N)nc1C. The summed E-state index contributed by atoms with van der Waals surface area (Å²) < 4.78 is 27.2. The van der Waals surface area contributed by atoms with Gasteiger partial charge in [0, 0.05) is 6.04 Å². The Balaban J connectivity index is 2.79. The van der Waals surface area contributed by atoms with Gasteiger partial charge in [-0.25, -0.2) is 18.1 Å². The number of nitrogens with one attached hydrogen (secondary N) is 1. The lowest BCUT2D eigenvalue weighted by Gasteiger charge is -2.17. The first-order valence-electron chi connectivity index (χ1n) is 6.01. The Kier molecular flexibility index (Phi) is 5.12. The van der Waals surface area contributed by atoms with E-state index < -0.39 is 10.0 Å². The molecule has 18 heavy (non-hydrogen) atoms. The summed E-state index contributed by atoms with van der Waals surface area (Å²) in [4.78, 5) is 3.94. The molecule has 0 aliphatic rings. The monoisotopic (exact) mass is 291 g/mol. The lowest BCUT2D eigenvalue weighted by Crippen LogP contribution is -2.33. The third-order valence-electron chi connectivity index (χ3n) is 2.82. The van der Waals surface area contributed by atoms with Crippen LogP contribution in [0.3, 0.4) is 0 Å². The molecule has 0 saturated heterocycles.